The van der Waals surface area contributed by atoms with Crippen LogP contribution in [0, 0.1) is 23.1 Å². The van der Waals surface area contributed by atoms with Gasteiger partial charge >= 0.3 is 0 Å². The van der Waals surface area contributed by atoms with E-state index < -0.39 is 17.7 Å². The SMILES string of the molecule is C=C1N(C)c2c(ccc(-c3cc(F)nc(F)c3)c2F)N1CC1(C)CC1. The number of rotatable bonds is 3. The van der Waals surface area contributed by atoms with Crippen LogP contribution in [0.25, 0.3) is 11.1 Å². The predicted octanol–water partition coefficient (Wildman–Crippen LogP) is 4.69. The first-order valence-corrected chi connectivity index (χ1v) is 8.15. The Morgan fingerprint density at radius 1 is 1.16 bits per heavy atom. The highest BCUT2D eigenvalue weighted by atomic mass is 19.1. The van der Waals surface area contributed by atoms with Gasteiger partial charge in [-0.3, -0.25) is 0 Å². The number of pyridine rings is 1. The lowest BCUT2D eigenvalue weighted by Crippen LogP contribution is -2.29. The first kappa shape index (κ1) is 16.0. The molecule has 0 N–H and O–H groups in total. The maximum absolute atomic E-state index is 15.2. The monoisotopic (exact) mass is 345 g/mol. The van der Waals surface area contributed by atoms with Crippen molar-refractivity contribution < 1.29 is 13.2 Å². The van der Waals surface area contributed by atoms with Crippen molar-refractivity contribution in [2.75, 3.05) is 23.4 Å². The van der Waals surface area contributed by atoms with Crippen molar-refractivity contribution in [3.63, 3.8) is 0 Å². The second-order valence-electron chi connectivity index (χ2n) is 7.17. The molecule has 1 aromatic carbocycles. The molecule has 0 bridgehead atoms. The fourth-order valence-corrected chi connectivity index (χ4v) is 3.31. The molecule has 2 aliphatic rings. The van der Waals surface area contributed by atoms with Gasteiger partial charge < -0.3 is 9.80 Å². The summed E-state index contributed by atoms with van der Waals surface area (Å²) in [6, 6.07) is 5.39. The molecule has 4 rings (SSSR count). The molecule has 25 heavy (non-hydrogen) atoms. The van der Waals surface area contributed by atoms with E-state index in [1.165, 1.54) is 0 Å². The average Bonchev–Trinajstić information content (AvgIpc) is 3.22. The van der Waals surface area contributed by atoms with Gasteiger partial charge in [0.1, 0.15) is 11.5 Å². The molecular formula is C19H18F3N3. The quantitative estimate of drug-likeness (QED) is 0.752. The molecule has 3 nitrogen and oxygen atoms in total. The van der Waals surface area contributed by atoms with E-state index in [0.29, 0.717) is 11.5 Å². The van der Waals surface area contributed by atoms with Gasteiger partial charge in [-0.2, -0.15) is 13.8 Å². The second kappa shape index (κ2) is 5.25. The summed E-state index contributed by atoms with van der Waals surface area (Å²) >= 11 is 0. The maximum atomic E-state index is 15.2. The summed E-state index contributed by atoms with van der Waals surface area (Å²) in [6.07, 6.45) is 2.29. The van der Waals surface area contributed by atoms with Crippen molar-refractivity contribution in [2.45, 2.75) is 19.8 Å². The van der Waals surface area contributed by atoms with Crippen LogP contribution >= 0.6 is 0 Å². The zero-order chi connectivity index (χ0) is 17.9. The van der Waals surface area contributed by atoms with Gasteiger partial charge in [-0.25, -0.2) is 4.39 Å². The van der Waals surface area contributed by atoms with Gasteiger partial charge in [-0.15, -0.1) is 0 Å². The summed E-state index contributed by atoms with van der Waals surface area (Å²) in [6.45, 7) is 7.05. The average molecular weight is 345 g/mol. The van der Waals surface area contributed by atoms with Gasteiger partial charge in [0.25, 0.3) is 0 Å². The summed E-state index contributed by atoms with van der Waals surface area (Å²) in [5.74, 6) is -1.77. The van der Waals surface area contributed by atoms with Crippen LogP contribution < -0.4 is 9.80 Å². The van der Waals surface area contributed by atoms with E-state index in [1.54, 1.807) is 24.1 Å². The molecule has 1 aliphatic carbocycles. The lowest BCUT2D eigenvalue weighted by molar-refractivity contribution is 0.513. The third kappa shape index (κ3) is 2.56. The smallest absolute Gasteiger partial charge is 0.216 e. The Balaban J connectivity index is 1.81. The minimum atomic E-state index is -0.976. The topological polar surface area (TPSA) is 19.4 Å². The molecule has 0 atom stereocenters. The number of hydrogen-bond donors (Lipinski definition) is 0. The zero-order valence-electron chi connectivity index (χ0n) is 14.1. The lowest BCUT2D eigenvalue weighted by Gasteiger charge is -2.24. The van der Waals surface area contributed by atoms with Crippen LogP contribution in [0.2, 0.25) is 0 Å². The fraction of sp³-hybridized carbons (Fsp3) is 0.316. The minimum absolute atomic E-state index is 0.122. The van der Waals surface area contributed by atoms with Crippen LogP contribution in [-0.2, 0) is 0 Å². The van der Waals surface area contributed by atoms with Crippen molar-refractivity contribution in [3.05, 3.63) is 54.4 Å². The number of hydrogen-bond acceptors (Lipinski definition) is 3. The van der Waals surface area contributed by atoms with Crippen LogP contribution in [0.15, 0.2) is 36.7 Å². The molecule has 0 radical (unpaired) electrons. The van der Waals surface area contributed by atoms with E-state index in [1.807, 2.05) is 4.90 Å². The molecule has 0 amide bonds. The Hall–Kier alpha value is -2.50. The highest BCUT2D eigenvalue weighted by Crippen LogP contribution is 2.51. The van der Waals surface area contributed by atoms with E-state index in [2.05, 4.69) is 18.5 Å². The van der Waals surface area contributed by atoms with Gasteiger partial charge in [0, 0.05) is 31.3 Å². The number of nitrogens with zero attached hydrogens (tertiary/aromatic N) is 3. The molecule has 6 heteroatoms. The Bertz CT molecular complexity index is 869. The third-order valence-electron chi connectivity index (χ3n) is 5.14. The molecule has 0 unspecified atom stereocenters. The van der Waals surface area contributed by atoms with E-state index in [-0.39, 0.29) is 16.5 Å². The lowest BCUT2D eigenvalue weighted by atomic mass is 10.0. The Morgan fingerprint density at radius 3 is 2.40 bits per heavy atom. The van der Waals surface area contributed by atoms with E-state index in [9.17, 15) is 8.78 Å². The summed E-state index contributed by atoms with van der Waals surface area (Å²) in [7, 11) is 1.75. The first-order valence-electron chi connectivity index (χ1n) is 8.15. The number of aromatic nitrogens is 1. The van der Waals surface area contributed by atoms with E-state index >= 15 is 4.39 Å². The van der Waals surface area contributed by atoms with Gasteiger partial charge in [-0.1, -0.05) is 13.5 Å². The zero-order valence-corrected chi connectivity index (χ0v) is 14.1. The van der Waals surface area contributed by atoms with E-state index in [0.717, 1.165) is 37.2 Å². The van der Waals surface area contributed by atoms with Crippen molar-refractivity contribution in [1.82, 2.24) is 4.98 Å². The molecule has 0 saturated heterocycles. The molecule has 0 spiro atoms. The van der Waals surface area contributed by atoms with Crippen LogP contribution in [0.5, 0.6) is 0 Å². The summed E-state index contributed by atoms with van der Waals surface area (Å²) < 4.78 is 42.0. The molecule has 2 aromatic rings. The summed E-state index contributed by atoms with van der Waals surface area (Å²) in [4.78, 5) is 6.76. The molecule has 1 saturated carbocycles. The van der Waals surface area contributed by atoms with Crippen LogP contribution in [0.1, 0.15) is 19.8 Å². The number of benzene rings is 1. The van der Waals surface area contributed by atoms with Crippen molar-refractivity contribution in [1.29, 1.82) is 0 Å². The highest BCUT2D eigenvalue weighted by molar-refractivity contribution is 5.87. The Kier molecular flexibility index (Phi) is 3.36. The number of anilines is 2. The molecule has 1 fully saturated rings. The van der Waals surface area contributed by atoms with Crippen molar-refractivity contribution >= 4 is 11.4 Å². The standard InChI is InChI=1S/C19H18F3N3/c1-11-24(3)18-14(25(11)10-19(2)6-7-19)5-4-13(17(18)22)12-8-15(20)23-16(21)9-12/h4-5,8-9H,1,6-7,10H2,2-3H3. The van der Waals surface area contributed by atoms with Gasteiger partial charge in [0.2, 0.25) is 11.9 Å². The summed E-state index contributed by atoms with van der Waals surface area (Å²) in [5.41, 5.74) is 1.61. The van der Waals surface area contributed by atoms with Crippen molar-refractivity contribution in [3.8, 4) is 11.1 Å². The van der Waals surface area contributed by atoms with E-state index in [4.69, 9.17) is 0 Å². The van der Waals surface area contributed by atoms with Crippen LogP contribution in [0.3, 0.4) is 0 Å². The minimum Gasteiger partial charge on any atom is -0.327 e. The Labute approximate surface area is 144 Å². The third-order valence-corrected chi connectivity index (χ3v) is 5.14. The second-order valence-corrected chi connectivity index (χ2v) is 7.17. The molecular weight excluding hydrogens is 327 g/mol. The molecule has 130 valence electrons. The Morgan fingerprint density at radius 2 is 1.80 bits per heavy atom. The first-order chi connectivity index (χ1) is 11.8. The molecule has 1 aliphatic heterocycles. The normalized spacial score (nSPS) is 17.9. The highest BCUT2D eigenvalue weighted by Gasteiger charge is 2.42. The van der Waals surface area contributed by atoms with Gasteiger partial charge in [0.15, 0.2) is 5.82 Å². The number of halogens is 3. The summed E-state index contributed by atoms with van der Waals surface area (Å²) in [5, 5.41) is 0. The van der Waals surface area contributed by atoms with Crippen LogP contribution in [-0.4, -0.2) is 18.6 Å². The molecule has 1 aromatic heterocycles. The fourth-order valence-electron chi connectivity index (χ4n) is 3.31. The largest absolute Gasteiger partial charge is 0.327 e. The predicted molar refractivity (Wildman–Crippen MR) is 91.8 cm³/mol. The van der Waals surface area contributed by atoms with Gasteiger partial charge in [0.05, 0.1) is 5.69 Å². The maximum Gasteiger partial charge on any atom is 0.216 e. The van der Waals surface area contributed by atoms with Crippen LogP contribution in [0.4, 0.5) is 24.5 Å². The van der Waals surface area contributed by atoms with Crippen molar-refractivity contribution in [2.24, 2.45) is 5.41 Å². The molecule has 2 heterocycles. The number of fused-ring (bicyclic) bond motifs is 1. The van der Waals surface area contributed by atoms with Gasteiger partial charge in [-0.05, 0) is 36.0 Å².